The van der Waals surface area contributed by atoms with Gasteiger partial charge in [-0.1, -0.05) is 19.1 Å². The van der Waals surface area contributed by atoms with Gasteiger partial charge < -0.3 is 20.1 Å². The predicted octanol–water partition coefficient (Wildman–Crippen LogP) is 3.41. The summed E-state index contributed by atoms with van der Waals surface area (Å²) in [5, 5.41) is 5.63. The first-order valence-corrected chi connectivity index (χ1v) is 7.77. The largest absolute Gasteiger partial charge is 0.454 e. The van der Waals surface area contributed by atoms with Gasteiger partial charge in [0.05, 0.1) is 11.4 Å². The van der Waals surface area contributed by atoms with Crippen LogP contribution < -0.4 is 20.1 Å². The first-order chi connectivity index (χ1) is 11.7. The Balaban J connectivity index is 1.76. The molecule has 0 spiro atoms. The fourth-order valence-electron chi connectivity index (χ4n) is 2.37. The van der Waals surface area contributed by atoms with Gasteiger partial charge in [0.2, 0.25) is 12.7 Å². The molecule has 0 atom stereocenters. The number of nitrogens with one attached hydrogen (secondary N) is 2. The number of rotatable bonds is 5. The molecule has 0 saturated carbocycles. The average molecular weight is 326 g/mol. The molecule has 124 valence electrons. The Morgan fingerprint density at radius 1 is 1.00 bits per heavy atom. The standard InChI is InChI=1S/C18H18N2O4/c1-2-5-17(21)19-13-6-3-4-7-14(13)20-18(22)12-8-9-15-16(10-12)24-11-23-15/h3-4,6-10H,2,5,11H2,1H3,(H,19,21)(H,20,22). The topological polar surface area (TPSA) is 76.7 Å². The van der Waals surface area contributed by atoms with Gasteiger partial charge in [-0.2, -0.15) is 0 Å². The van der Waals surface area contributed by atoms with Crippen molar-refractivity contribution >= 4 is 23.2 Å². The molecule has 0 aromatic heterocycles. The number of para-hydroxylation sites is 2. The lowest BCUT2D eigenvalue weighted by atomic mass is 10.1. The number of carbonyl (C=O) groups excluding carboxylic acids is 2. The van der Waals surface area contributed by atoms with E-state index in [9.17, 15) is 9.59 Å². The highest BCUT2D eigenvalue weighted by molar-refractivity contribution is 6.07. The Morgan fingerprint density at radius 2 is 1.71 bits per heavy atom. The van der Waals surface area contributed by atoms with Crippen molar-refractivity contribution in [2.24, 2.45) is 0 Å². The van der Waals surface area contributed by atoms with E-state index in [-0.39, 0.29) is 18.6 Å². The van der Waals surface area contributed by atoms with Gasteiger partial charge in [0.15, 0.2) is 11.5 Å². The van der Waals surface area contributed by atoms with Gasteiger partial charge in [0.1, 0.15) is 0 Å². The van der Waals surface area contributed by atoms with E-state index in [1.54, 1.807) is 42.5 Å². The molecule has 6 nitrogen and oxygen atoms in total. The Bertz CT molecular complexity index is 773. The Labute approximate surface area is 139 Å². The fraction of sp³-hybridized carbons (Fsp3) is 0.222. The molecule has 24 heavy (non-hydrogen) atoms. The normalized spacial score (nSPS) is 11.9. The quantitative estimate of drug-likeness (QED) is 0.883. The van der Waals surface area contributed by atoms with Gasteiger partial charge in [-0.25, -0.2) is 0 Å². The van der Waals surface area contributed by atoms with Crippen LogP contribution in [0.25, 0.3) is 0 Å². The van der Waals surface area contributed by atoms with E-state index in [4.69, 9.17) is 9.47 Å². The van der Waals surface area contributed by atoms with Gasteiger partial charge >= 0.3 is 0 Å². The van der Waals surface area contributed by atoms with Crippen LogP contribution in [-0.4, -0.2) is 18.6 Å². The molecule has 2 amide bonds. The molecule has 2 N–H and O–H groups in total. The van der Waals surface area contributed by atoms with Crippen molar-refractivity contribution in [3.63, 3.8) is 0 Å². The maximum absolute atomic E-state index is 12.5. The number of ether oxygens (including phenoxy) is 2. The van der Waals surface area contributed by atoms with E-state index in [0.29, 0.717) is 34.9 Å². The molecule has 6 heteroatoms. The second kappa shape index (κ2) is 7.04. The SMILES string of the molecule is CCCC(=O)Nc1ccccc1NC(=O)c1ccc2c(c1)OCO2. The minimum Gasteiger partial charge on any atom is -0.454 e. The first-order valence-electron chi connectivity index (χ1n) is 7.77. The van der Waals surface area contributed by atoms with Gasteiger partial charge in [0, 0.05) is 12.0 Å². The predicted molar refractivity (Wildman–Crippen MR) is 90.5 cm³/mol. The summed E-state index contributed by atoms with van der Waals surface area (Å²) < 4.78 is 10.5. The molecular weight excluding hydrogens is 308 g/mol. The number of amides is 2. The zero-order valence-corrected chi connectivity index (χ0v) is 13.3. The molecule has 0 aliphatic carbocycles. The minimum atomic E-state index is -0.287. The minimum absolute atomic E-state index is 0.0812. The average Bonchev–Trinajstić information content (AvgIpc) is 3.04. The third kappa shape index (κ3) is 3.48. The molecule has 1 aliphatic heterocycles. The van der Waals surface area contributed by atoms with Crippen LogP contribution in [0.5, 0.6) is 11.5 Å². The Morgan fingerprint density at radius 3 is 2.46 bits per heavy atom. The number of benzene rings is 2. The summed E-state index contributed by atoms with van der Waals surface area (Å²) >= 11 is 0. The first kappa shape index (κ1) is 15.9. The summed E-state index contributed by atoms with van der Waals surface area (Å²) in [6.07, 6.45) is 1.20. The third-order valence-electron chi connectivity index (χ3n) is 3.56. The lowest BCUT2D eigenvalue weighted by molar-refractivity contribution is -0.116. The van der Waals surface area contributed by atoms with Gasteiger partial charge in [0.25, 0.3) is 5.91 Å². The van der Waals surface area contributed by atoms with E-state index in [2.05, 4.69) is 10.6 Å². The highest BCUT2D eigenvalue weighted by Crippen LogP contribution is 2.33. The van der Waals surface area contributed by atoms with Crippen LogP contribution in [-0.2, 0) is 4.79 Å². The van der Waals surface area contributed by atoms with Crippen molar-refractivity contribution < 1.29 is 19.1 Å². The molecule has 2 aromatic rings. The molecule has 1 aliphatic rings. The maximum Gasteiger partial charge on any atom is 0.255 e. The van der Waals surface area contributed by atoms with Crippen LogP contribution in [0.4, 0.5) is 11.4 Å². The summed E-state index contributed by atoms with van der Waals surface area (Å²) in [5.41, 5.74) is 1.57. The maximum atomic E-state index is 12.5. The van der Waals surface area contributed by atoms with E-state index in [0.717, 1.165) is 6.42 Å². The molecule has 0 fully saturated rings. The van der Waals surface area contributed by atoms with E-state index in [1.165, 1.54) is 0 Å². The fourth-order valence-corrected chi connectivity index (χ4v) is 2.37. The monoisotopic (exact) mass is 326 g/mol. The zero-order valence-electron chi connectivity index (χ0n) is 13.3. The van der Waals surface area contributed by atoms with Crippen LogP contribution in [0.2, 0.25) is 0 Å². The van der Waals surface area contributed by atoms with Crippen LogP contribution >= 0.6 is 0 Å². The second-order valence-electron chi connectivity index (χ2n) is 5.37. The zero-order chi connectivity index (χ0) is 16.9. The Kier molecular flexibility index (Phi) is 4.65. The van der Waals surface area contributed by atoms with E-state index in [1.807, 2.05) is 6.92 Å². The van der Waals surface area contributed by atoms with Crippen LogP contribution in [0.3, 0.4) is 0 Å². The van der Waals surface area contributed by atoms with Crippen molar-refractivity contribution in [1.82, 2.24) is 0 Å². The lowest BCUT2D eigenvalue weighted by Crippen LogP contribution is -2.16. The molecule has 0 unspecified atom stereocenters. The smallest absolute Gasteiger partial charge is 0.255 e. The second-order valence-corrected chi connectivity index (χ2v) is 5.37. The molecule has 0 radical (unpaired) electrons. The van der Waals surface area contributed by atoms with E-state index >= 15 is 0 Å². The number of hydrogen-bond donors (Lipinski definition) is 2. The van der Waals surface area contributed by atoms with Gasteiger partial charge in [-0.3, -0.25) is 9.59 Å². The number of carbonyl (C=O) groups is 2. The van der Waals surface area contributed by atoms with Crippen LogP contribution in [0.15, 0.2) is 42.5 Å². The summed E-state index contributed by atoms with van der Waals surface area (Å²) in [5.74, 6) is 0.804. The van der Waals surface area contributed by atoms with Gasteiger partial charge in [-0.15, -0.1) is 0 Å². The molecule has 1 heterocycles. The number of hydrogen-bond acceptors (Lipinski definition) is 4. The van der Waals surface area contributed by atoms with Crippen molar-refractivity contribution in [3.05, 3.63) is 48.0 Å². The Hall–Kier alpha value is -3.02. The molecular formula is C18H18N2O4. The van der Waals surface area contributed by atoms with E-state index < -0.39 is 0 Å². The van der Waals surface area contributed by atoms with Crippen molar-refractivity contribution in [1.29, 1.82) is 0 Å². The molecule has 2 aromatic carbocycles. The molecule has 3 rings (SSSR count). The highest BCUT2D eigenvalue weighted by atomic mass is 16.7. The summed E-state index contributed by atoms with van der Waals surface area (Å²) in [6, 6.07) is 12.1. The molecule has 0 saturated heterocycles. The van der Waals surface area contributed by atoms with Crippen molar-refractivity contribution in [2.75, 3.05) is 17.4 Å². The van der Waals surface area contributed by atoms with Gasteiger partial charge in [-0.05, 0) is 36.8 Å². The highest BCUT2D eigenvalue weighted by Gasteiger charge is 2.17. The summed E-state index contributed by atoms with van der Waals surface area (Å²) in [7, 11) is 0. The summed E-state index contributed by atoms with van der Waals surface area (Å²) in [6.45, 7) is 2.10. The third-order valence-corrected chi connectivity index (χ3v) is 3.56. The lowest BCUT2D eigenvalue weighted by Gasteiger charge is -2.12. The van der Waals surface area contributed by atoms with Crippen LogP contribution in [0, 0.1) is 0 Å². The van der Waals surface area contributed by atoms with Crippen molar-refractivity contribution in [3.8, 4) is 11.5 Å². The molecule has 0 bridgehead atoms. The number of anilines is 2. The van der Waals surface area contributed by atoms with Crippen LogP contribution in [0.1, 0.15) is 30.1 Å². The van der Waals surface area contributed by atoms with Crippen molar-refractivity contribution in [2.45, 2.75) is 19.8 Å². The summed E-state index contributed by atoms with van der Waals surface area (Å²) in [4.78, 5) is 24.3. The number of fused-ring (bicyclic) bond motifs is 1.